The lowest BCUT2D eigenvalue weighted by Crippen LogP contribution is -2.38. The predicted octanol–water partition coefficient (Wildman–Crippen LogP) is 1.80. The number of pyridine rings is 1. The number of rotatable bonds is 3. The Bertz CT molecular complexity index is 1150. The van der Waals surface area contributed by atoms with E-state index in [1.807, 2.05) is 18.2 Å². The van der Waals surface area contributed by atoms with Crippen molar-refractivity contribution < 1.29 is 0 Å². The summed E-state index contributed by atoms with van der Waals surface area (Å²) in [6.07, 6.45) is 7.88. The van der Waals surface area contributed by atoms with Crippen LogP contribution in [-0.4, -0.2) is 31.8 Å². The van der Waals surface area contributed by atoms with Crippen LogP contribution in [0.5, 0.6) is 0 Å². The van der Waals surface area contributed by atoms with Gasteiger partial charge in [-0.05, 0) is 56.2 Å². The van der Waals surface area contributed by atoms with E-state index in [0.717, 1.165) is 56.3 Å². The molecular weight excluding hydrogens is 354 g/mol. The van der Waals surface area contributed by atoms with Crippen LogP contribution in [0.25, 0.3) is 5.65 Å². The van der Waals surface area contributed by atoms with Gasteiger partial charge >= 0.3 is 0 Å². The highest BCUT2D eigenvalue weighted by Crippen LogP contribution is 2.24. The minimum absolute atomic E-state index is 0.0287. The fraction of sp³-hybridized carbons (Fsp3) is 0.429. The summed E-state index contributed by atoms with van der Waals surface area (Å²) in [5.41, 5.74) is 2.70. The SMILES string of the molecule is O=c1cc2c(nn1CC1CCCN1c1cc(=O)n3ccccc3n1)CCCC2. The molecule has 1 unspecified atom stereocenters. The molecule has 2 aliphatic rings. The Labute approximate surface area is 162 Å². The quantitative estimate of drug-likeness (QED) is 0.696. The lowest BCUT2D eigenvalue weighted by molar-refractivity contribution is 0.472. The van der Waals surface area contributed by atoms with Crippen molar-refractivity contribution in [2.45, 2.75) is 51.1 Å². The van der Waals surface area contributed by atoms with E-state index in [9.17, 15) is 9.59 Å². The number of hydrogen-bond donors (Lipinski definition) is 0. The third-order valence-corrected chi connectivity index (χ3v) is 5.89. The van der Waals surface area contributed by atoms with Crippen LogP contribution in [0.4, 0.5) is 5.82 Å². The van der Waals surface area contributed by atoms with E-state index in [-0.39, 0.29) is 17.2 Å². The molecule has 144 valence electrons. The largest absolute Gasteiger partial charge is 0.352 e. The van der Waals surface area contributed by atoms with E-state index in [0.29, 0.717) is 18.0 Å². The molecule has 1 saturated heterocycles. The molecule has 0 N–H and O–H groups in total. The van der Waals surface area contributed by atoms with E-state index < -0.39 is 0 Å². The molecule has 0 spiro atoms. The molecular formula is C21H23N5O2. The second-order valence-electron chi connectivity index (χ2n) is 7.71. The Balaban J connectivity index is 1.47. The Morgan fingerprint density at radius 3 is 2.86 bits per heavy atom. The van der Waals surface area contributed by atoms with Gasteiger partial charge < -0.3 is 4.90 Å². The molecule has 3 aromatic heterocycles. The maximum atomic E-state index is 12.6. The summed E-state index contributed by atoms with van der Waals surface area (Å²) >= 11 is 0. The van der Waals surface area contributed by atoms with Gasteiger partial charge in [0.1, 0.15) is 11.5 Å². The van der Waals surface area contributed by atoms with Gasteiger partial charge in [-0.1, -0.05) is 6.07 Å². The summed E-state index contributed by atoms with van der Waals surface area (Å²) in [6, 6.07) is 9.01. The molecule has 7 nitrogen and oxygen atoms in total. The summed E-state index contributed by atoms with van der Waals surface area (Å²) in [5.74, 6) is 0.685. The van der Waals surface area contributed by atoms with Crippen molar-refractivity contribution >= 4 is 11.5 Å². The van der Waals surface area contributed by atoms with Gasteiger partial charge in [-0.3, -0.25) is 14.0 Å². The first-order chi connectivity index (χ1) is 13.7. The Hall–Kier alpha value is -2.96. The van der Waals surface area contributed by atoms with Gasteiger partial charge in [-0.2, -0.15) is 5.10 Å². The van der Waals surface area contributed by atoms with Crippen LogP contribution in [-0.2, 0) is 19.4 Å². The fourth-order valence-electron chi connectivity index (χ4n) is 4.45. The average Bonchev–Trinajstić information content (AvgIpc) is 3.17. The van der Waals surface area contributed by atoms with Crippen molar-refractivity contribution in [3.8, 4) is 0 Å². The molecule has 1 fully saturated rings. The molecule has 4 heterocycles. The summed E-state index contributed by atoms with van der Waals surface area (Å²) in [7, 11) is 0. The minimum atomic E-state index is -0.0877. The molecule has 1 atom stereocenters. The van der Waals surface area contributed by atoms with Crippen molar-refractivity contribution in [1.29, 1.82) is 0 Å². The average molecular weight is 377 g/mol. The van der Waals surface area contributed by atoms with Crippen molar-refractivity contribution in [2.24, 2.45) is 0 Å². The van der Waals surface area contributed by atoms with Gasteiger partial charge in [0.2, 0.25) is 0 Å². The van der Waals surface area contributed by atoms with Gasteiger partial charge in [0, 0.05) is 24.9 Å². The second kappa shape index (κ2) is 6.89. The molecule has 1 aliphatic heterocycles. The zero-order valence-corrected chi connectivity index (χ0v) is 15.8. The fourth-order valence-corrected chi connectivity index (χ4v) is 4.45. The van der Waals surface area contributed by atoms with E-state index >= 15 is 0 Å². The van der Waals surface area contributed by atoms with Gasteiger partial charge in [0.05, 0.1) is 18.3 Å². The Morgan fingerprint density at radius 1 is 1.04 bits per heavy atom. The van der Waals surface area contributed by atoms with Gasteiger partial charge in [0.25, 0.3) is 11.1 Å². The first kappa shape index (κ1) is 17.2. The van der Waals surface area contributed by atoms with E-state index in [4.69, 9.17) is 0 Å². The predicted molar refractivity (Wildman–Crippen MR) is 107 cm³/mol. The maximum absolute atomic E-state index is 12.6. The van der Waals surface area contributed by atoms with E-state index in [1.165, 1.54) is 0 Å². The Kier molecular flexibility index (Phi) is 4.22. The number of fused-ring (bicyclic) bond motifs is 2. The minimum Gasteiger partial charge on any atom is -0.352 e. The molecule has 1 aliphatic carbocycles. The zero-order valence-electron chi connectivity index (χ0n) is 15.8. The molecule has 0 aromatic carbocycles. The van der Waals surface area contributed by atoms with Crippen molar-refractivity contribution in [3.63, 3.8) is 0 Å². The highest BCUT2D eigenvalue weighted by atomic mass is 16.1. The standard InChI is InChI=1S/C21H23N5O2/c27-20-13-19(22-18-9-3-4-10-25(18)20)24-11-5-7-16(24)14-26-21(28)12-15-6-1-2-8-17(15)23-26/h3-4,9-10,12-13,16H,1-2,5-8,11,14H2. The monoisotopic (exact) mass is 377 g/mol. The number of hydrogen-bond acceptors (Lipinski definition) is 5. The number of anilines is 1. The molecule has 0 bridgehead atoms. The molecule has 28 heavy (non-hydrogen) atoms. The van der Waals surface area contributed by atoms with Crippen molar-refractivity contribution in [3.05, 3.63) is 68.5 Å². The van der Waals surface area contributed by atoms with Crippen molar-refractivity contribution in [2.75, 3.05) is 11.4 Å². The first-order valence-corrected chi connectivity index (χ1v) is 10.0. The molecule has 0 amide bonds. The number of nitrogens with zero attached hydrogens (tertiary/aromatic N) is 5. The van der Waals surface area contributed by atoms with Crippen LogP contribution >= 0.6 is 0 Å². The van der Waals surface area contributed by atoms with Gasteiger partial charge in [0.15, 0.2) is 0 Å². The van der Waals surface area contributed by atoms with E-state index in [2.05, 4.69) is 15.0 Å². The maximum Gasteiger partial charge on any atom is 0.267 e. The normalized spacial score (nSPS) is 19.1. The highest BCUT2D eigenvalue weighted by molar-refractivity contribution is 5.49. The number of aromatic nitrogens is 4. The molecule has 0 saturated carbocycles. The lowest BCUT2D eigenvalue weighted by Gasteiger charge is -2.26. The smallest absolute Gasteiger partial charge is 0.267 e. The summed E-state index contributed by atoms with van der Waals surface area (Å²) in [6.45, 7) is 1.36. The molecule has 7 heteroatoms. The van der Waals surface area contributed by atoms with Gasteiger partial charge in [-0.15, -0.1) is 0 Å². The molecule has 0 radical (unpaired) electrons. The second-order valence-corrected chi connectivity index (χ2v) is 7.71. The highest BCUT2D eigenvalue weighted by Gasteiger charge is 2.28. The Morgan fingerprint density at radius 2 is 1.93 bits per heavy atom. The van der Waals surface area contributed by atoms with Crippen LogP contribution in [0.2, 0.25) is 0 Å². The zero-order chi connectivity index (χ0) is 19.1. The van der Waals surface area contributed by atoms with Crippen LogP contribution in [0.3, 0.4) is 0 Å². The van der Waals surface area contributed by atoms with Crippen LogP contribution in [0.15, 0.2) is 46.1 Å². The summed E-state index contributed by atoms with van der Waals surface area (Å²) in [4.78, 5) is 31.9. The van der Waals surface area contributed by atoms with E-state index in [1.54, 1.807) is 27.4 Å². The summed E-state index contributed by atoms with van der Waals surface area (Å²) < 4.78 is 3.16. The topological polar surface area (TPSA) is 72.5 Å². The van der Waals surface area contributed by atoms with Crippen LogP contribution in [0.1, 0.15) is 36.9 Å². The first-order valence-electron chi connectivity index (χ1n) is 10.0. The molecule has 5 rings (SSSR count). The van der Waals surface area contributed by atoms with Crippen LogP contribution < -0.4 is 16.0 Å². The van der Waals surface area contributed by atoms with Crippen molar-refractivity contribution in [1.82, 2.24) is 19.2 Å². The lowest BCUT2D eigenvalue weighted by atomic mass is 9.97. The molecule has 3 aromatic rings. The summed E-state index contributed by atoms with van der Waals surface area (Å²) in [5, 5.41) is 4.66. The third kappa shape index (κ3) is 3.00. The number of aryl methyl sites for hydroxylation is 2. The van der Waals surface area contributed by atoms with Gasteiger partial charge in [-0.25, -0.2) is 9.67 Å². The van der Waals surface area contributed by atoms with Crippen LogP contribution in [0, 0.1) is 0 Å². The third-order valence-electron chi connectivity index (χ3n) is 5.89.